The van der Waals surface area contributed by atoms with Crippen molar-refractivity contribution in [1.29, 1.82) is 0 Å². The fraction of sp³-hybridized carbons (Fsp3) is 0.0526. The van der Waals surface area contributed by atoms with E-state index in [2.05, 4.69) is 19.9 Å². The van der Waals surface area contributed by atoms with Gasteiger partial charge < -0.3 is 15.2 Å². The summed E-state index contributed by atoms with van der Waals surface area (Å²) in [5, 5.41) is 7.00. The summed E-state index contributed by atoms with van der Waals surface area (Å²) in [5.74, 6) is 1.01. The Hall–Kier alpha value is -3.50. The summed E-state index contributed by atoms with van der Waals surface area (Å²) in [6.07, 6.45) is 0. The highest BCUT2D eigenvalue weighted by atomic mass is 35.5. The number of halogens is 1. The number of pyridine rings is 1. The zero-order valence-electron chi connectivity index (χ0n) is 15.2. The number of nitrogens with zero attached hydrogens (tertiary/aromatic N) is 2. The van der Waals surface area contributed by atoms with Crippen LogP contribution in [0, 0.1) is 0 Å². The molecular weight excluding hydrogens is 430 g/mol. The van der Waals surface area contributed by atoms with Gasteiger partial charge in [-0.15, -0.1) is 0 Å². The number of sulfonamides is 1. The summed E-state index contributed by atoms with van der Waals surface area (Å²) >= 11 is 6.40. The molecule has 0 radical (unpaired) electrons. The van der Waals surface area contributed by atoms with Gasteiger partial charge in [0.25, 0.3) is 0 Å². The highest BCUT2D eigenvalue weighted by Gasteiger charge is 2.36. The Balaban J connectivity index is 1.40. The van der Waals surface area contributed by atoms with Gasteiger partial charge in [0.2, 0.25) is 0 Å². The van der Waals surface area contributed by atoms with Gasteiger partial charge in [0.05, 0.1) is 21.9 Å². The molecule has 5 rings (SSSR count). The number of ether oxygens (including phenoxy) is 2. The zero-order valence-corrected chi connectivity index (χ0v) is 16.7. The summed E-state index contributed by atoms with van der Waals surface area (Å²) in [4.78, 5) is 4.47. The number of nitrogens with two attached hydrogens (primary N) is 1. The van der Waals surface area contributed by atoms with E-state index in [-0.39, 0.29) is 11.5 Å². The van der Waals surface area contributed by atoms with Crippen LogP contribution in [-0.2, 0) is 10.0 Å². The van der Waals surface area contributed by atoms with Crippen molar-refractivity contribution in [2.24, 2.45) is 0 Å². The number of para-hydroxylation sites is 2. The van der Waals surface area contributed by atoms with E-state index >= 15 is 0 Å². The average molecular weight is 444 g/mol. The molecule has 0 unspecified atom stereocenters. The van der Waals surface area contributed by atoms with Crippen molar-refractivity contribution in [2.45, 2.75) is 5.62 Å². The second kappa shape index (κ2) is 6.78. The molecule has 2 aromatic carbocycles. The Morgan fingerprint density at radius 2 is 1.80 bits per heavy atom. The summed E-state index contributed by atoms with van der Waals surface area (Å²) < 4.78 is 38.5. The lowest BCUT2D eigenvalue weighted by Gasteiger charge is -2.14. The number of hydrogen-bond donors (Lipinski definition) is 3. The molecule has 0 amide bonds. The number of fused-ring (bicyclic) bond motifs is 2. The minimum Gasteiger partial charge on any atom is -0.437 e. The molecule has 1 aliphatic rings. The summed E-state index contributed by atoms with van der Waals surface area (Å²) in [7, 11) is -4.00. The standard InChI is InChI=1S/C19H14ClN5O4S/c20-12-9-10(25-30(26,27)19-28-15-3-1-2-4-16(15)29-19)5-6-11(12)13-7-8-14-17(22-13)18(21)24-23-14/h1-9,19,25H,(H3,21,23,24). The third-order valence-corrected chi connectivity index (χ3v) is 6.02. The molecule has 0 saturated carbocycles. The highest BCUT2D eigenvalue weighted by molar-refractivity contribution is 7.93. The first-order chi connectivity index (χ1) is 14.4. The number of anilines is 2. The van der Waals surface area contributed by atoms with Crippen LogP contribution in [0.4, 0.5) is 11.5 Å². The van der Waals surface area contributed by atoms with Crippen molar-refractivity contribution in [3.05, 3.63) is 59.6 Å². The van der Waals surface area contributed by atoms with Crippen molar-refractivity contribution in [3.8, 4) is 22.8 Å². The lowest BCUT2D eigenvalue weighted by atomic mass is 10.1. The van der Waals surface area contributed by atoms with Gasteiger partial charge in [0.1, 0.15) is 5.52 Å². The summed E-state index contributed by atoms with van der Waals surface area (Å²) in [6.45, 7) is 0. The first-order valence-electron chi connectivity index (χ1n) is 8.75. The van der Waals surface area contributed by atoms with Crippen molar-refractivity contribution in [1.82, 2.24) is 15.2 Å². The molecule has 30 heavy (non-hydrogen) atoms. The molecule has 152 valence electrons. The van der Waals surface area contributed by atoms with Gasteiger partial charge in [-0.3, -0.25) is 9.82 Å². The van der Waals surface area contributed by atoms with Gasteiger partial charge in [-0.2, -0.15) is 13.5 Å². The molecule has 0 aliphatic carbocycles. The Morgan fingerprint density at radius 3 is 2.50 bits per heavy atom. The monoisotopic (exact) mass is 443 g/mol. The zero-order chi connectivity index (χ0) is 20.9. The van der Waals surface area contributed by atoms with E-state index in [1.165, 1.54) is 6.07 Å². The Morgan fingerprint density at radius 1 is 1.07 bits per heavy atom. The lowest BCUT2D eigenvalue weighted by molar-refractivity contribution is 0.125. The maximum absolute atomic E-state index is 12.7. The minimum atomic E-state index is -4.00. The van der Waals surface area contributed by atoms with Gasteiger partial charge in [0, 0.05) is 5.56 Å². The van der Waals surface area contributed by atoms with E-state index in [9.17, 15) is 8.42 Å². The third-order valence-electron chi connectivity index (χ3n) is 4.49. The van der Waals surface area contributed by atoms with Crippen LogP contribution in [0.15, 0.2) is 54.6 Å². The van der Waals surface area contributed by atoms with Crippen molar-refractivity contribution < 1.29 is 17.9 Å². The molecule has 4 aromatic rings. The average Bonchev–Trinajstić information content (AvgIpc) is 3.32. The molecule has 3 heterocycles. The second-order valence-electron chi connectivity index (χ2n) is 6.51. The largest absolute Gasteiger partial charge is 0.437 e. The van der Waals surface area contributed by atoms with Crippen LogP contribution >= 0.6 is 11.6 Å². The number of aromatic nitrogens is 3. The predicted molar refractivity (Wildman–Crippen MR) is 113 cm³/mol. The smallest absolute Gasteiger partial charge is 0.365 e. The molecule has 0 spiro atoms. The maximum atomic E-state index is 12.7. The van der Waals surface area contributed by atoms with Crippen LogP contribution in [0.1, 0.15) is 0 Å². The molecule has 4 N–H and O–H groups in total. The number of nitrogens with one attached hydrogen (secondary N) is 2. The fourth-order valence-electron chi connectivity index (χ4n) is 3.07. The third kappa shape index (κ3) is 3.15. The molecule has 0 bridgehead atoms. The maximum Gasteiger partial charge on any atom is 0.365 e. The predicted octanol–water partition coefficient (Wildman–Crippen LogP) is 3.36. The van der Waals surface area contributed by atoms with E-state index in [0.29, 0.717) is 38.8 Å². The van der Waals surface area contributed by atoms with Crippen molar-refractivity contribution in [3.63, 3.8) is 0 Å². The molecule has 0 fully saturated rings. The molecule has 0 saturated heterocycles. The normalized spacial score (nSPS) is 13.6. The summed E-state index contributed by atoms with van der Waals surface area (Å²) in [6, 6.07) is 15.0. The van der Waals surface area contributed by atoms with Gasteiger partial charge in [-0.1, -0.05) is 23.7 Å². The topological polar surface area (TPSA) is 132 Å². The van der Waals surface area contributed by atoms with Crippen LogP contribution in [0.3, 0.4) is 0 Å². The molecular formula is C19H14ClN5O4S. The number of hydrogen-bond acceptors (Lipinski definition) is 7. The molecule has 0 atom stereocenters. The van der Waals surface area contributed by atoms with E-state index in [1.807, 2.05) is 0 Å². The van der Waals surface area contributed by atoms with E-state index in [4.69, 9.17) is 26.8 Å². The molecule has 9 nitrogen and oxygen atoms in total. The first-order valence-corrected chi connectivity index (χ1v) is 10.7. The number of rotatable bonds is 4. The Kier molecular flexibility index (Phi) is 4.19. The fourth-order valence-corrected chi connectivity index (χ4v) is 4.36. The van der Waals surface area contributed by atoms with E-state index < -0.39 is 15.6 Å². The van der Waals surface area contributed by atoms with Gasteiger partial charge in [-0.25, -0.2) is 4.98 Å². The molecule has 2 aromatic heterocycles. The number of nitrogen functional groups attached to an aromatic ring is 1. The second-order valence-corrected chi connectivity index (χ2v) is 8.60. The summed E-state index contributed by atoms with van der Waals surface area (Å²) in [5.41, 5.74) is 6.99. The highest BCUT2D eigenvalue weighted by Crippen LogP contribution is 2.36. The quantitative estimate of drug-likeness (QED) is 0.440. The minimum absolute atomic E-state index is 0.260. The van der Waals surface area contributed by atoms with Crippen LogP contribution in [0.2, 0.25) is 5.02 Å². The Bertz CT molecular complexity index is 1360. The first kappa shape index (κ1) is 18.5. The lowest BCUT2D eigenvalue weighted by Crippen LogP contribution is -2.34. The van der Waals surface area contributed by atoms with E-state index in [0.717, 1.165) is 0 Å². The molecule has 1 aliphatic heterocycles. The number of aromatic amines is 1. The van der Waals surface area contributed by atoms with E-state index in [1.54, 1.807) is 48.5 Å². The number of H-pyrrole nitrogens is 1. The van der Waals surface area contributed by atoms with Gasteiger partial charge in [0.15, 0.2) is 17.3 Å². The SMILES string of the molecule is Nc1n[nH]c2ccc(-c3ccc(NS(=O)(=O)C4Oc5ccccc5O4)cc3Cl)nc12. The van der Waals surface area contributed by atoms with Crippen LogP contribution in [0.5, 0.6) is 11.5 Å². The van der Waals surface area contributed by atoms with Crippen LogP contribution in [-0.4, -0.2) is 29.2 Å². The number of benzene rings is 2. The van der Waals surface area contributed by atoms with Crippen LogP contribution < -0.4 is 19.9 Å². The Labute approximate surface area is 175 Å². The van der Waals surface area contributed by atoms with Gasteiger partial charge >= 0.3 is 15.6 Å². The van der Waals surface area contributed by atoms with Crippen LogP contribution in [0.25, 0.3) is 22.3 Å². The van der Waals surface area contributed by atoms with Crippen molar-refractivity contribution >= 4 is 44.2 Å². The van der Waals surface area contributed by atoms with Crippen molar-refractivity contribution in [2.75, 3.05) is 10.5 Å². The van der Waals surface area contributed by atoms with Gasteiger partial charge in [-0.05, 0) is 42.5 Å². The molecule has 11 heteroatoms.